The van der Waals surface area contributed by atoms with E-state index in [1.807, 2.05) is 6.26 Å². The molecule has 0 radical (unpaired) electrons. The number of carbonyl (C=O) groups excluding carboxylic acids is 1. The van der Waals surface area contributed by atoms with Crippen molar-refractivity contribution in [1.82, 2.24) is 15.3 Å². The summed E-state index contributed by atoms with van der Waals surface area (Å²) in [7, 11) is 0. The lowest BCUT2D eigenvalue weighted by molar-refractivity contribution is 0.0926. The van der Waals surface area contributed by atoms with Gasteiger partial charge < -0.3 is 10.6 Å². The molecule has 0 unspecified atom stereocenters. The van der Waals surface area contributed by atoms with Crippen LogP contribution in [0.5, 0.6) is 0 Å². The monoisotopic (exact) mass is 412 g/mol. The summed E-state index contributed by atoms with van der Waals surface area (Å²) < 4.78 is 26.3. The molecule has 3 rings (SSSR count). The number of amides is 1. The van der Waals surface area contributed by atoms with Gasteiger partial charge >= 0.3 is 0 Å². The standard InChI is InChI=1S/C18H19ClF2N4OS/c1-27-18-24-15(19)9-16(25-18)22-11-3-5-12(6-4-11)23-17(26)10-2-7-13(20)14(21)8-10/h2,7-9,11-12H,3-6H2,1H3,(H,23,26)(H,22,24,25). The predicted molar refractivity (Wildman–Crippen MR) is 102 cm³/mol. The van der Waals surface area contributed by atoms with E-state index in [0.29, 0.717) is 16.1 Å². The average Bonchev–Trinajstić information content (AvgIpc) is 2.65. The minimum Gasteiger partial charge on any atom is -0.367 e. The second-order valence-electron chi connectivity index (χ2n) is 6.36. The highest BCUT2D eigenvalue weighted by atomic mass is 35.5. The molecule has 0 aliphatic heterocycles. The van der Waals surface area contributed by atoms with Gasteiger partial charge in [0, 0.05) is 23.7 Å². The molecule has 9 heteroatoms. The number of aromatic nitrogens is 2. The maximum Gasteiger partial charge on any atom is 0.251 e. The molecule has 1 saturated carbocycles. The van der Waals surface area contributed by atoms with E-state index in [4.69, 9.17) is 11.6 Å². The third-order valence-corrected chi connectivity index (χ3v) is 5.19. The van der Waals surface area contributed by atoms with E-state index in [-0.39, 0.29) is 17.6 Å². The first kappa shape index (κ1) is 19.8. The van der Waals surface area contributed by atoms with Crippen LogP contribution in [0.1, 0.15) is 36.0 Å². The van der Waals surface area contributed by atoms with Crippen molar-refractivity contribution in [2.24, 2.45) is 0 Å². The number of halogens is 3. The third-order valence-electron chi connectivity index (χ3n) is 4.45. The highest BCUT2D eigenvalue weighted by Gasteiger charge is 2.23. The van der Waals surface area contributed by atoms with Crippen molar-refractivity contribution in [2.45, 2.75) is 42.9 Å². The van der Waals surface area contributed by atoms with Gasteiger partial charge in [-0.15, -0.1) is 0 Å². The molecule has 1 aliphatic rings. The second kappa shape index (κ2) is 8.84. The van der Waals surface area contributed by atoms with Crippen LogP contribution in [0.4, 0.5) is 14.6 Å². The number of benzene rings is 1. The Morgan fingerprint density at radius 1 is 1.11 bits per heavy atom. The van der Waals surface area contributed by atoms with Crippen LogP contribution in [0.15, 0.2) is 29.4 Å². The van der Waals surface area contributed by atoms with Gasteiger partial charge in [-0.1, -0.05) is 23.4 Å². The van der Waals surface area contributed by atoms with Crippen LogP contribution in [0.3, 0.4) is 0 Å². The maximum atomic E-state index is 13.3. The first-order valence-corrected chi connectivity index (χ1v) is 10.2. The van der Waals surface area contributed by atoms with Crippen LogP contribution in [0, 0.1) is 11.6 Å². The molecule has 1 fully saturated rings. The summed E-state index contributed by atoms with van der Waals surface area (Å²) in [5, 5.41) is 7.25. The third kappa shape index (κ3) is 5.29. The van der Waals surface area contributed by atoms with Crippen molar-refractivity contribution in [3.05, 3.63) is 46.6 Å². The van der Waals surface area contributed by atoms with Gasteiger partial charge in [0.15, 0.2) is 16.8 Å². The normalized spacial score (nSPS) is 19.6. The molecule has 1 aromatic carbocycles. The number of hydrogen-bond donors (Lipinski definition) is 2. The molecule has 1 heterocycles. The SMILES string of the molecule is CSc1nc(Cl)cc(NC2CCC(NC(=O)c3ccc(F)c(F)c3)CC2)n1. The van der Waals surface area contributed by atoms with E-state index in [0.717, 1.165) is 37.8 Å². The summed E-state index contributed by atoms with van der Waals surface area (Å²) in [5.74, 6) is -1.69. The Kier molecular flexibility index (Phi) is 6.49. The topological polar surface area (TPSA) is 66.9 Å². The molecule has 0 bridgehead atoms. The molecule has 0 saturated heterocycles. The Morgan fingerprint density at radius 2 is 1.81 bits per heavy atom. The summed E-state index contributed by atoms with van der Waals surface area (Å²) >= 11 is 7.43. The molecule has 1 aromatic heterocycles. The van der Waals surface area contributed by atoms with Crippen molar-refractivity contribution in [1.29, 1.82) is 0 Å². The van der Waals surface area contributed by atoms with Gasteiger partial charge in [0.1, 0.15) is 11.0 Å². The Morgan fingerprint density at radius 3 is 2.48 bits per heavy atom. The number of nitrogens with zero attached hydrogens (tertiary/aromatic N) is 2. The van der Waals surface area contributed by atoms with E-state index >= 15 is 0 Å². The number of carbonyl (C=O) groups is 1. The van der Waals surface area contributed by atoms with Gasteiger partial charge in [0.05, 0.1) is 0 Å². The Bertz CT molecular complexity index is 831. The molecule has 0 spiro atoms. The molecular weight excluding hydrogens is 394 g/mol. The number of nitrogens with one attached hydrogen (secondary N) is 2. The van der Waals surface area contributed by atoms with Crippen LogP contribution < -0.4 is 10.6 Å². The first-order valence-electron chi connectivity index (χ1n) is 8.55. The summed E-state index contributed by atoms with van der Waals surface area (Å²) in [6.07, 6.45) is 5.14. The van der Waals surface area contributed by atoms with E-state index < -0.39 is 17.5 Å². The Balaban J connectivity index is 1.52. The molecule has 0 atom stereocenters. The first-order chi connectivity index (χ1) is 12.9. The molecule has 27 heavy (non-hydrogen) atoms. The van der Waals surface area contributed by atoms with Crippen LogP contribution in [0.2, 0.25) is 5.15 Å². The Labute approximate surface area is 165 Å². The molecule has 5 nitrogen and oxygen atoms in total. The highest BCUT2D eigenvalue weighted by molar-refractivity contribution is 7.98. The van der Waals surface area contributed by atoms with Crippen molar-refractivity contribution >= 4 is 35.1 Å². The molecule has 1 amide bonds. The summed E-state index contributed by atoms with van der Waals surface area (Å²) in [5.41, 5.74) is 0.120. The molecule has 144 valence electrons. The second-order valence-corrected chi connectivity index (χ2v) is 7.52. The van der Waals surface area contributed by atoms with Crippen LogP contribution >= 0.6 is 23.4 Å². The molecule has 2 aromatic rings. The van der Waals surface area contributed by atoms with E-state index in [1.165, 1.54) is 17.8 Å². The lowest BCUT2D eigenvalue weighted by atomic mass is 9.91. The van der Waals surface area contributed by atoms with Crippen molar-refractivity contribution in [3.63, 3.8) is 0 Å². The zero-order chi connectivity index (χ0) is 19.4. The minimum atomic E-state index is -1.02. The van der Waals surface area contributed by atoms with Crippen molar-refractivity contribution < 1.29 is 13.6 Å². The summed E-state index contributed by atoms with van der Waals surface area (Å²) in [4.78, 5) is 20.7. The highest BCUT2D eigenvalue weighted by Crippen LogP contribution is 2.24. The molecular formula is C18H19ClF2N4OS. The summed E-state index contributed by atoms with van der Waals surface area (Å²) in [6, 6.07) is 5.07. The summed E-state index contributed by atoms with van der Waals surface area (Å²) in [6.45, 7) is 0. The van der Waals surface area contributed by atoms with Gasteiger partial charge in [-0.05, 0) is 50.1 Å². The number of thioether (sulfide) groups is 1. The van der Waals surface area contributed by atoms with Crippen LogP contribution in [-0.2, 0) is 0 Å². The lowest BCUT2D eigenvalue weighted by Crippen LogP contribution is -2.40. The van der Waals surface area contributed by atoms with Crippen molar-refractivity contribution in [2.75, 3.05) is 11.6 Å². The van der Waals surface area contributed by atoms with E-state index in [2.05, 4.69) is 20.6 Å². The zero-order valence-electron chi connectivity index (χ0n) is 14.6. The average molecular weight is 413 g/mol. The fraction of sp³-hybridized carbons (Fsp3) is 0.389. The van der Waals surface area contributed by atoms with Crippen LogP contribution in [0.25, 0.3) is 0 Å². The fourth-order valence-electron chi connectivity index (χ4n) is 3.06. The quantitative estimate of drug-likeness (QED) is 0.436. The van der Waals surface area contributed by atoms with E-state index in [9.17, 15) is 13.6 Å². The maximum absolute atomic E-state index is 13.3. The lowest BCUT2D eigenvalue weighted by Gasteiger charge is -2.30. The van der Waals surface area contributed by atoms with Gasteiger partial charge in [-0.25, -0.2) is 18.7 Å². The minimum absolute atomic E-state index is 0.000546. The molecule has 2 N–H and O–H groups in total. The van der Waals surface area contributed by atoms with Gasteiger partial charge in [-0.3, -0.25) is 4.79 Å². The van der Waals surface area contributed by atoms with Gasteiger partial charge in [-0.2, -0.15) is 0 Å². The molecule has 1 aliphatic carbocycles. The van der Waals surface area contributed by atoms with Gasteiger partial charge in [0.2, 0.25) is 0 Å². The Hall–Kier alpha value is -1.93. The largest absolute Gasteiger partial charge is 0.367 e. The number of anilines is 1. The van der Waals surface area contributed by atoms with Crippen LogP contribution in [-0.4, -0.2) is 34.2 Å². The zero-order valence-corrected chi connectivity index (χ0v) is 16.2. The van der Waals surface area contributed by atoms with E-state index in [1.54, 1.807) is 6.07 Å². The number of rotatable bonds is 5. The predicted octanol–water partition coefficient (Wildman–Crippen LogP) is 4.28. The smallest absolute Gasteiger partial charge is 0.251 e. The van der Waals surface area contributed by atoms with Gasteiger partial charge in [0.25, 0.3) is 5.91 Å². The number of hydrogen-bond acceptors (Lipinski definition) is 5. The van der Waals surface area contributed by atoms with Crippen molar-refractivity contribution in [3.8, 4) is 0 Å². The fourth-order valence-corrected chi connectivity index (χ4v) is 3.67.